The van der Waals surface area contributed by atoms with Crippen LogP contribution in [0.4, 0.5) is 4.39 Å². The summed E-state index contributed by atoms with van der Waals surface area (Å²) in [5, 5.41) is 8.74. The third-order valence-electron chi connectivity index (χ3n) is 3.12. The van der Waals surface area contributed by atoms with Gasteiger partial charge in [-0.05, 0) is 31.0 Å². The molecule has 1 aromatic carbocycles. The highest BCUT2D eigenvalue weighted by molar-refractivity contribution is 7.89. The van der Waals surface area contributed by atoms with Gasteiger partial charge in [0.25, 0.3) is 0 Å². The summed E-state index contributed by atoms with van der Waals surface area (Å²) in [6.07, 6.45) is 1.49. The Bertz CT molecular complexity index is 630. The molecule has 110 valence electrons. The predicted octanol–water partition coefficient (Wildman–Crippen LogP) is 1.23. The summed E-state index contributed by atoms with van der Waals surface area (Å²) in [5.74, 6) is -0.725. The highest BCUT2D eigenvalue weighted by Crippen LogP contribution is 2.22. The van der Waals surface area contributed by atoms with E-state index in [2.05, 4.69) is 0 Å². The lowest BCUT2D eigenvalue weighted by Gasteiger charge is -2.29. The second-order valence-corrected chi connectivity index (χ2v) is 6.46. The number of piperidine rings is 1. The summed E-state index contributed by atoms with van der Waals surface area (Å²) in [7, 11) is -3.71. The van der Waals surface area contributed by atoms with E-state index in [0.717, 1.165) is 18.6 Å². The molecular formula is C12H15ClFN3O2S. The van der Waals surface area contributed by atoms with Gasteiger partial charge in [-0.2, -0.15) is 9.57 Å². The zero-order chi connectivity index (χ0) is 14.0. The molecule has 1 aliphatic heterocycles. The average molecular weight is 320 g/mol. The molecule has 1 saturated heterocycles. The number of nitrogens with zero attached hydrogens (tertiary/aromatic N) is 2. The Morgan fingerprint density at radius 3 is 2.75 bits per heavy atom. The van der Waals surface area contributed by atoms with E-state index in [-0.39, 0.29) is 35.5 Å². The zero-order valence-corrected chi connectivity index (χ0v) is 12.3. The quantitative estimate of drug-likeness (QED) is 0.888. The van der Waals surface area contributed by atoms with Crippen LogP contribution in [0.2, 0.25) is 0 Å². The lowest BCUT2D eigenvalue weighted by molar-refractivity contribution is 0.316. The molecular weight excluding hydrogens is 305 g/mol. The Hall–Kier alpha value is -1.20. The maximum absolute atomic E-state index is 13.2. The standard InChI is InChI=1S/C12H14FN3O2S.ClH/c13-12-4-3-11(6-9(12)7-14)19(17,18)16-5-1-2-10(15)8-16;/h3-4,6,10H,1-2,5,8,15H2;1H. The van der Waals surface area contributed by atoms with Gasteiger partial charge in [0.15, 0.2) is 0 Å². The number of hydrogen-bond donors (Lipinski definition) is 1. The minimum Gasteiger partial charge on any atom is -0.327 e. The lowest BCUT2D eigenvalue weighted by atomic mass is 10.1. The normalized spacial score (nSPS) is 19.9. The summed E-state index contributed by atoms with van der Waals surface area (Å²) in [6, 6.07) is 4.68. The second-order valence-electron chi connectivity index (χ2n) is 4.52. The number of sulfonamides is 1. The second kappa shape index (κ2) is 6.50. The fourth-order valence-corrected chi connectivity index (χ4v) is 3.65. The molecule has 2 N–H and O–H groups in total. The number of benzene rings is 1. The van der Waals surface area contributed by atoms with Crippen molar-refractivity contribution >= 4 is 22.4 Å². The van der Waals surface area contributed by atoms with E-state index >= 15 is 0 Å². The van der Waals surface area contributed by atoms with Crippen molar-refractivity contribution in [3.05, 3.63) is 29.6 Å². The molecule has 1 heterocycles. The van der Waals surface area contributed by atoms with Gasteiger partial charge in [-0.25, -0.2) is 12.8 Å². The van der Waals surface area contributed by atoms with E-state index in [1.165, 1.54) is 10.4 Å². The van der Waals surface area contributed by atoms with Gasteiger partial charge in [0.05, 0.1) is 10.5 Å². The Labute approximate surface area is 123 Å². The van der Waals surface area contributed by atoms with Crippen LogP contribution in [0, 0.1) is 17.1 Å². The van der Waals surface area contributed by atoms with Gasteiger partial charge >= 0.3 is 0 Å². The van der Waals surface area contributed by atoms with Crippen molar-refractivity contribution in [1.82, 2.24) is 4.31 Å². The van der Waals surface area contributed by atoms with Gasteiger partial charge in [0.1, 0.15) is 11.9 Å². The summed E-state index contributed by atoms with van der Waals surface area (Å²) >= 11 is 0. The molecule has 0 bridgehead atoms. The van der Waals surface area contributed by atoms with Crippen LogP contribution < -0.4 is 5.73 Å². The Morgan fingerprint density at radius 2 is 2.15 bits per heavy atom. The van der Waals surface area contributed by atoms with Crippen molar-refractivity contribution < 1.29 is 12.8 Å². The van der Waals surface area contributed by atoms with Crippen molar-refractivity contribution in [3.8, 4) is 6.07 Å². The van der Waals surface area contributed by atoms with Crippen molar-refractivity contribution in [2.75, 3.05) is 13.1 Å². The van der Waals surface area contributed by atoms with Crippen LogP contribution >= 0.6 is 12.4 Å². The summed E-state index contributed by atoms with van der Waals surface area (Å²) in [5.41, 5.74) is 5.49. The first-order chi connectivity index (χ1) is 8.95. The number of nitriles is 1. The number of hydrogen-bond acceptors (Lipinski definition) is 4. The minimum atomic E-state index is -3.71. The highest BCUT2D eigenvalue weighted by atomic mass is 35.5. The molecule has 0 aliphatic carbocycles. The maximum Gasteiger partial charge on any atom is 0.243 e. The van der Waals surface area contributed by atoms with E-state index in [9.17, 15) is 12.8 Å². The van der Waals surface area contributed by atoms with Crippen LogP contribution in [0.5, 0.6) is 0 Å². The molecule has 1 aliphatic rings. The Balaban J connectivity index is 0.00000200. The largest absolute Gasteiger partial charge is 0.327 e. The first-order valence-electron chi connectivity index (χ1n) is 5.90. The Morgan fingerprint density at radius 1 is 1.45 bits per heavy atom. The van der Waals surface area contributed by atoms with Gasteiger partial charge in [0, 0.05) is 19.1 Å². The molecule has 2 rings (SSSR count). The molecule has 1 atom stereocenters. The minimum absolute atomic E-state index is 0. The molecule has 1 aromatic rings. The third-order valence-corrected chi connectivity index (χ3v) is 4.98. The fourth-order valence-electron chi connectivity index (χ4n) is 2.09. The van der Waals surface area contributed by atoms with Crippen LogP contribution in [-0.4, -0.2) is 31.9 Å². The molecule has 0 aromatic heterocycles. The van der Waals surface area contributed by atoms with Gasteiger partial charge in [-0.1, -0.05) is 0 Å². The SMILES string of the molecule is Cl.N#Cc1cc(S(=O)(=O)N2CCCC(N)C2)ccc1F. The van der Waals surface area contributed by atoms with Gasteiger partial charge in [0.2, 0.25) is 10.0 Å². The Kier molecular flexibility index (Phi) is 5.48. The lowest BCUT2D eigenvalue weighted by Crippen LogP contribution is -2.45. The molecule has 8 heteroatoms. The van der Waals surface area contributed by atoms with E-state index in [1.807, 2.05) is 0 Å². The third kappa shape index (κ3) is 3.27. The van der Waals surface area contributed by atoms with Crippen LogP contribution in [-0.2, 0) is 10.0 Å². The molecule has 0 radical (unpaired) electrons. The van der Waals surface area contributed by atoms with Gasteiger partial charge < -0.3 is 5.73 Å². The van der Waals surface area contributed by atoms with Crippen molar-refractivity contribution in [2.45, 2.75) is 23.8 Å². The molecule has 5 nitrogen and oxygen atoms in total. The van der Waals surface area contributed by atoms with Crippen LogP contribution in [0.3, 0.4) is 0 Å². The monoisotopic (exact) mass is 319 g/mol. The van der Waals surface area contributed by atoms with Crippen molar-refractivity contribution in [2.24, 2.45) is 5.73 Å². The predicted molar refractivity (Wildman–Crippen MR) is 74.3 cm³/mol. The molecule has 0 spiro atoms. The topological polar surface area (TPSA) is 87.2 Å². The number of rotatable bonds is 2. The highest BCUT2D eigenvalue weighted by Gasteiger charge is 2.29. The van der Waals surface area contributed by atoms with E-state index in [0.29, 0.717) is 13.0 Å². The van der Waals surface area contributed by atoms with E-state index in [1.54, 1.807) is 6.07 Å². The first-order valence-corrected chi connectivity index (χ1v) is 7.34. The maximum atomic E-state index is 13.2. The molecule has 20 heavy (non-hydrogen) atoms. The van der Waals surface area contributed by atoms with Crippen LogP contribution in [0.25, 0.3) is 0 Å². The molecule has 1 unspecified atom stereocenters. The van der Waals surface area contributed by atoms with Crippen molar-refractivity contribution in [1.29, 1.82) is 5.26 Å². The van der Waals surface area contributed by atoms with Crippen molar-refractivity contribution in [3.63, 3.8) is 0 Å². The number of nitrogens with two attached hydrogens (primary N) is 1. The van der Waals surface area contributed by atoms with E-state index in [4.69, 9.17) is 11.0 Å². The summed E-state index contributed by atoms with van der Waals surface area (Å²) in [4.78, 5) is -0.0699. The van der Waals surface area contributed by atoms with Crippen LogP contribution in [0.1, 0.15) is 18.4 Å². The van der Waals surface area contributed by atoms with Gasteiger partial charge in [-0.15, -0.1) is 12.4 Å². The summed E-state index contributed by atoms with van der Waals surface area (Å²) < 4.78 is 39.2. The fraction of sp³-hybridized carbons (Fsp3) is 0.417. The smallest absolute Gasteiger partial charge is 0.243 e. The average Bonchev–Trinajstić information content (AvgIpc) is 2.39. The molecule has 0 saturated carbocycles. The molecule has 1 fully saturated rings. The first kappa shape index (κ1) is 16.9. The van der Waals surface area contributed by atoms with Gasteiger partial charge in [-0.3, -0.25) is 0 Å². The van der Waals surface area contributed by atoms with E-state index < -0.39 is 15.8 Å². The zero-order valence-electron chi connectivity index (χ0n) is 10.6. The number of halogens is 2. The summed E-state index contributed by atoms with van der Waals surface area (Å²) in [6.45, 7) is 0.650. The van der Waals surface area contributed by atoms with Crippen LogP contribution in [0.15, 0.2) is 23.1 Å². The molecule has 0 amide bonds.